The zero-order valence-electron chi connectivity index (χ0n) is 17.0. The third-order valence-electron chi connectivity index (χ3n) is 5.20. The summed E-state index contributed by atoms with van der Waals surface area (Å²) in [5, 5.41) is 11.0. The van der Waals surface area contributed by atoms with Gasteiger partial charge in [-0.3, -0.25) is 4.99 Å². The van der Waals surface area contributed by atoms with Gasteiger partial charge in [0.05, 0.1) is 5.69 Å². The molecule has 4 rings (SSSR count). The van der Waals surface area contributed by atoms with Crippen molar-refractivity contribution < 1.29 is 4.39 Å². The molecule has 1 atom stereocenters. The minimum atomic E-state index is -0.278. The lowest BCUT2D eigenvalue weighted by Crippen LogP contribution is -2.45. The Balaban J connectivity index is 1.24. The lowest BCUT2D eigenvalue weighted by Gasteiger charge is -2.20. The predicted octanol–water partition coefficient (Wildman–Crippen LogP) is 2.39. The average Bonchev–Trinajstić information content (AvgIpc) is 3.46. The van der Waals surface area contributed by atoms with Gasteiger partial charge in [0.15, 0.2) is 17.6 Å². The van der Waals surface area contributed by atoms with Gasteiger partial charge in [-0.2, -0.15) is 5.10 Å². The zero-order valence-corrected chi connectivity index (χ0v) is 17.0. The molecule has 3 aromatic rings. The fraction of sp³-hybridized carbons (Fsp3) is 0.318. The number of hydrogen-bond acceptors (Lipinski definition) is 4. The summed E-state index contributed by atoms with van der Waals surface area (Å²) < 4.78 is 15.8. The van der Waals surface area contributed by atoms with Gasteiger partial charge < -0.3 is 15.5 Å². The van der Waals surface area contributed by atoms with Gasteiger partial charge in [-0.05, 0) is 48.7 Å². The Bertz CT molecular complexity index is 969. The van der Waals surface area contributed by atoms with E-state index in [0.29, 0.717) is 12.4 Å². The lowest BCUT2D eigenvalue weighted by molar-refractivity contribution is 0.612. The number of halogens is 1. The van der Waals surface area contributed by atoms with Crippen LogP contribution in [0.5, 0.6) is 0 Å². The summed E-state index contributed by atoms with van der Waals surface area (Å²) in [7, 11) is 1.76. The number of guanidine groups is 1. The number of rotatable bonds is 6. The maximum atomic E-state index is 14.0. The molecular formula is C22H26FN7. The van der Waals surface area contributed by atoms with Gasteiger partial charge in [0.1, 0.15) is 0 Å². The summed E-state index contributed by atoms with van der Waals surface area (Å²) >= 11 is 0. The zero-order chi connectivity index (χ0) is 20.8. The summed E-state index contributed by atoms with van der Waals surface area (Å²) in [6, 6.07) is 13.5. The van der Waals surface area contributed by atoms with E-state index in [2.05, 4.69) is 50.0 Å². The Morgan fingerprint density at radius 2 is 2.07 bits per heavy atom. The van der Waals surface area contributed by atoms with Gasteiger partial charge in [-0.15, -0.1) is 0 Å². The molecule has 156 valence electrons. The molecule has 0 aliphatic carbocycles. The van der Waals surface area contributed by atoms with Crippen LogP contribution in [0.25, 0.3) is 5.69 Å². The van der Waals surface area contributed by atoms with Crippen LogP contribution in [0, 0.1) is 5.82 Å². The van der Waals surface area contributed by atoms with Gasteiger partial charge in [-0.25, -0.2) is 14.1 Å². The fourth-order valence-electron chi connectivity index (χ4n) is 3.63. The van der Waals surface area contributed by atoms with Crippen molar-refractivity contribution in [1.29, 1.82) is 0 Å². The van der Waals surface area contributed by atoms with Crippen LogP contribution in [0.2, 0.25) is 0 Å². The first-order valence-electron chi connectivity index (χ1n) is 10.1. The second-order valence-electron chi connectivity index (χ2n) is 7.25. The molecule has 7 nitrogen and oxygen atoms in total. The van der Waals surface area contributed by atoms with E-state index in [1.54, 1.807) is 25.5 Å². The topological polar surface area (TPSA) is 70.4 Å². The number of benzene rings is 1. The van der Waals surface area contributed by atoms with Crippen molar-refractivity contribution in [3.8, 4) is 5.69 Å². The van der Waals surface area contributed by atoms with Gasteiger partial charge in [-0.1, -0.05) is 12.1 Å². The molecule has 8 heteroatoms. The molecule has 0 spiro atoms. The number of pyridine rings is 1. The smallest absolute Gasteiger partial charge is 0.191 e. The Kier molecular flexibility index (Phi) is 6.22. The third kappa shape index (κ3) is 4.76. The van der Waals surface area contributed by atoms with E-state index in [1.165, 1.54) is 11.6 Å². The monoisotopic (exact) mass is 407 g/mol. The minimum absolute atomic E-state index is 0.200. The highest BCUT2D eigenvalue weighted by molar-refractivity contribution is 5.80. The van der Waals surface area contributed by atoms with Crippen LogP contribution in [0.4, 0.5) is 10.2 Å². The molecule has 1 aromatic carbocycles. The first-order valence-corrected chi connectivity index (χ1v) is 10.1. The summed E-state index contributed by atoms with van der Waals surface area (Å²) in [5.41, 5.74) is 2.29. The Labute approximate surface area is 175 Å². The van der Waals surface area contributed by atoms with E-state index in [-0.39, 0.29) is 11.9 Å². The predicted molar refractivity (Wildman–Crippen MR) is 117 cm³/mol. The van der Waals surface area contributed by atoms with E-state index in [9.17, 15) is 4.39 Å². The standard InChI is InChI=1S/C22H26FN7/c1-24-22(28-18-10-15-29(16-18)21-20(23)4-2-11-25-21)26-13-9-17-5-7-19(8-6-17)30-14-3-12-27-30/h2-8,11-12,14,18H,9-10,13,15-16H2,1H3,(H2,24,26,28). The SMILES string of the molecule is CN=C(NCCc1ccc(-n2cccn2)cc1)NC1CCN(c2ncccc2F)C1. The van der Waals surface area contributed by atoms with Crippen molar-refractivity contribution in [2.24, 2.45) is 4.99 Å². The number of nitrogens with zero attached hydrogens (tertiary/aromatic N) is 5. The van der Waals surface area contributed by atoms with Gasteiger partial charge in [0.25, 0.3) is 0 Å². The van der Waals surface area contributed by atoms with Crippen LogP contribution >= 0.6 is 0 Å². The lowest BCUT2D eigenvalue weighted by atomic mass is 10.1. The molecule has 0 amide bonds. The fourth-order valence-corrected chi connectivity index (χ4v) is 3.63. The van der Waals surface area contributed by atoms with Crippen molar-refractivity contribution in [2.45, 2.75) is 18.9 Å². The van der Waals surface area contributed by atoms with Crippen molar-refractivity contribution in [1.82, 2.24) is 25.4 Å². The summed E-state index contributed by atoms with van der Waals surface area (Å²) in [6.07, 6.45) is 7.12. The molecule has 30 heavy (non-hydrogen) atoms. The van der Waals surface area contributed by atoms with E-state index < -0.39 is 0 Å². The Hall–Kier alpha value is -3.42. The second kappa shape index (κ2) is 9.39. The molecule has 1 fully saturated rings. The molecule has 1 saturated heterocycles. The largest absolute Gasteiger partial charge is 0.356 e. The van der Waals surface area contributed by atoms with Crippen molar-refractivity contribution in [3.63, 3.8) is 0 Å². The van der Waals surface area contributed by atoms with E-state index in [0.717, 1.165) is 37.6 Å². The maximum Gasteiger partial charge on any atom is 0.191 e. The van der Waals surface area contributed by atoms with E-state index in [1.807, 2.05) is 21.8 Å². The Morgan fingerprint density at radius 3 is 2.80 bits per heavy atom. The molecular weight excluding hydrogens is 381 g/mol. The highest BCUT2D eigenvalue weighted by Crippen LogP contribution is 2.20. The van der Waals surface area contributed by atoms with E-state index in [4.69, 9.17) is 0 Å². The molecule has 0 radical (unpaired) electrons. The summed E-state index contributed by atoms with van der Waals surface area (Å²) in [6.45, 7) is 2.24. The van der Waals surface area contributed by atoms with Gasteiger partial charge in [0.2, 0.25) is 0 Å². The molecule has 2 N–H and O–H groups in total. The highest BCUT2D eigenvalue weighted by atomic mass is 19.1. The quantitative estimate of drug-likeness (QED) is 0.485. The van der Waals surface area contributed by atoms with Crippen molar-refractivity contribution >= 4 is 11.8 Å². The number of hydrogen-bond donors (Lipinski definition) is 2. The van der Waals surface area contributed by atoms with Crippen LogP contribution in [-0.2, 0) is 6.42 Å². The molecule has 0 saturated carbocycles. The van der Waals surface area contributed by atoms with Crippen molar-refractivity contribution in [2.75, 3.05) is 31.6 Å². The van der Waals surface area contributed by atoms with Crippen LogP contribution in [0.3, 0.4) is 0 Å². The van der Waals surface area contributed by atoms with Crippen LogP contribution in [-0.4, -0.2) is 53.4 Å². The first-order chi connectivity index (χ1) is 14.7. The molecule has 3 heterocycles. The van der Waals surface area contributed by atoms with Gasteiger partial charge >= 0.3 is 0 Å². The molecule has 0 bridgehead atoms. The van der Waals surface area contributed by atoms with Crippen LogP contribution in [0.15, 0.2) is 66.0 Å². The molecule has 1 aliphatic rings. The first kappa shape index (κ1) is 19.9. The summed E-state index contributed by atoms with van der Waals surface area (Å²) in [4.78, 5) is 10.5. The Morgan fingerprint density at radius 1 is 1.20 bits per heavy atom. The second-order valence-corrected chi connectivity index (χ2v) is 7.25. The minimum Gasteiger partial charge on any atom is -0.356 e. The van der Waals surface area contributed by atoms with Crippen molar-refractivity contribution in [3.05, 3.63) is 72.4 Å². The number of anilines is 1. The number of nitrogens with one attached hydrogen (secondary N) is 2. The molecule has 2 aromatic heterocycles. The van der Waals surface area contributed by atoms with Crippen LogP contribution in [0.1, 0.15) is 12.0 Å². The normalized spacial score (nSPS) is 16.7. The number of aliphatic imine (C=N–C) groups is 1. The highest BCUT2D eigenvalue weighted by Gasteiger charge is 2.25. The molecule has 1 aliphatic heterocycles. The summed E-state index contributed by atoms with van der Waals surface area (Å²) in [5.74, 6) is 0.902. The average molecular weight is 407 g/mol. The third-order valence-corrected chi connectivity index (χ3v) is 5.20. The number of aromatic nitrogens is 3. The van der Waals surface area contributed by atoms with E-state index >= 15 is 0 Å². The van der Waals surface area contributed by atoms with Gasteiger partial charge in [0, 0.05) is 51.3 Å². The maximum absolute atomic E-state index is 14.0. The molecule has 1 unspecified atom stereocenters. The van der Waals surface area contributed by atoms with Crippen LogP contribution < -0.4 is 15.5 Å².